The summed E-state index contributed by atoms with van der Waals surface area (Å²) >= 11 is 1.51. The lowest BCUT2D eigenvalue weighted by atomic mass is 10.1. The summed E-state index contributed by atoms with van der Waals surface area (Å²) in [7, 11) is 1.66. The summed E-state index contributed by atoms with van der Waals surface area (Å²) in [6.45, 7) is 2.23. The van der Waals surface area contributed by atoms with Crippen LogP contribution in [0.2, 0.25) is 0 Å². The Bertz CT molecular complexity index is 1080. The molecule has 27 heavy (non-hydrogen) atoms. The SMILES string of the molecule is COc1ccc(CNc2cnc3sc(-c4ccc(C(C)=O)cc4)nn23)cc1. The van der Waals surface area contributed by atoms with E-state index >= 15 is 0 Å². The average Bonchev–Trinajstić information content (AvgIpc) is 3.28. The number of nitrogens with zero attached hydrogens (tertiary/aromatic N) is 3. The third-order valence-corrected chi connectivity index (χ3v) is 5.23. The van der Waals surface area contributed by atoms with E-state index in [1.807, 2.05) is 53.0 Å². The second-order valence-electron chi connectivity index (χ2n) is 6.08. The van der Waals surface area contributed by atoms with Crippen LogP contribution in [0.3, 0.4) is 0 Å². The largest absolute Gasteiger partial charge is 0.497 e. The number of hydrogen-bond acceptors (Lipinski definition) is 6. The number of aromatic nitrogens is 3. The van der Waals surface area contributed by atoms with Gasteiger partial charge in [-0.25, -0.2) is 4.98 Å². The zero-order chi connectivity index (χ0) is 18.8. The maximum atomic E-state index is 11.4. The zero-order valence-electron chi connectivity index (χ0n) is 15.0. The van der Waals surface area contributed by atoms with Crippen LogP contribution in [-0.4, -0.2) is 27.5 Å². The Labute approximate surface area is 160 Å². The molecule has 0 unspecified atom stereocenters. The van der Waals surface area contributed by atoms with E-state index in [-0.39, 0.29) is 5.78 Å². The molecule has 7 heteroatoms. The Kier molecular flexibility index (Phi) is 4.60. The highest BCUT2D eigenvalue weighted by molar-refractivity contribution is 7.19. The fourth-order valence-electron chi connectivity index (χ4n) is 2.71. The third kappa shape index (κ3) is 3.54. The number of nitrogens with one attached hydrogen (secondary N) is 1. The van der Waals surface area contributed by atoms with Crippen molar-refractivity contribution in [1.82, 2.24) is 14.6 Å². The minimum Gasteiger partial charge on any atom is -0.497 e. The van der Waals surface area contributed by atoms with Gasteiger partial charge in [-0.2, -0.15) is 9.61 Å². The maximum absolute atomic E-state index is 11.4. The van der Waals surface area contributed by atoms with Gasteiger partial charge in [0, 0.05) is 17.7 Å². The fraction of sp³-hybridized carbons (Fsp3) is 0.150. The van der Waals surface area contributed by atoms with Crippen LogP contribution in [-0.2, 0) is 6.54 Å². The molecule has 136 valence electrons. The first-order valence-corrected chi connectivity index (χ1v) is 9.28. The highest BCUT2D eigenvalue weighted by Gasteiger charge is 2.12. The van der Waals surface area contributed by atoms with Crippen molar-refractivity contribution >= 4 is 27.9 Å². The van der Waals surface area contributed by atoms with Crippen LogP contribution in [0.15, 0.2) is 54.7 Å². The molecule has 0 atom stereocenters. The minimum absolute atomic E-state index is 0.0560. The summed E-state index contributed by atoms with van der Waals surface area (Å²) in [6, 6.07) is 15.4. The van der Waals surface area contributed by atoms with Crippen LogP contribution in [0.25, 0.3) is 15.5 Å². The molecular weight excluding hydrogens is 360 g/mol. The van der Waals surface area contributed by atoms with Crippen LogP contribution >= 0.6 is 11.3 Å². The van der Waals surface area contributed by atoms with Crippen molar-refractivity contribution in [3.8, 4) is 16.3 Å². The van der Waals surface area contributed by atoms with E-state index in [2.05, 4.69) is 15.4 Å². The number of ketones is 1. The molecular formula is C20H18N4O2S. The number of methoxy groups -OCH3 is 1. The van der Waals surface area contributed by atoms with Crippen LogP contribution in [0, 0.1) is 0 Å². The van der Waals surface area contributed by atoms with E-state index < -0.39 is 0 Å². The molecule has 0 amide bonds. The van der Waals surface area contributed by atoms with Crippen LogP contribution in [0.1, 0.15) is 22.8 Å². The number of ether oxygens (including phenoxy) is 1. The van der Waals surface area contributed by atoms with Gasteiger partial charge in [-0.1, -0.05) is 47.7 Å². The number of fused-ring (bicyclic) bond motifs is 1. The quantitative estimate of drug-likeness (QED) is 0.507. The van der Waals surface area contributed by atoms with E-state index in [4.69, 9.17) is 4.74 Å². The number of carbonyl (C=O) groups is 1. The number of anilines is 1. The Morgan fingerprint density at radius 1 is 1.15 bits per heavy atom. The van der Waals surface area contributed by atoms with Crippen molar-refractivity contribution in [3.63, 3.8) is 0 Å². The van der Waals surface area contributed by atoms with Gasteiger partial charge in [0.2, 0.25) is 4.96 Å². The van der Waals surface area contributed by atoms with Crippen LogP contribution in [0.5, 0.6) is 5.75 Å². The van der Waals surface area contributed by atoms with Crippen molar-refractivity contribution < 1.29 is 9.53 Å². The molecule has 0 aliphatic carbocycles. The van der Waals surface area contributed by atoms with Gasteiger partial charge in [-0.15, -0.1) is 0 Å². The molecule has 0 aliphatic heterocycles. The van der Waals surface area contributed by atoms with Crippen molar-refractivity contribution in [2.45, 2.75) is 13.5 Å². The molecule has 2 heterocycles. The topological polar surface area (TPSA) is 68.5 Å². The van der Waals surface area contributed by atoms with E-state index in [0.29, 0.717) is 12.1 Å². The second kappa shape index (κ2) is 7.20. The van der Waals surface area contributed by atoms with Crippen molar-refractivity contribution in [2.24, 2.45) is 0 Å². The monoisotopic (exact) mass is 378 g/mol. The number of carbonyl (C=O) groups excluding carboxylic acids is 1. The van der Waals surface area contributed by atoms with Crippen LogP contribution in [0.4, 0.5) is 5.82 Å². The van der Waals surface area contributed by atoms with Gasteiger partial charge in [0.05, 0.1) is 13.3 Å². The van der Waals surface area contributed by atoms with E-state index in [1.54, 1.807) is 20.2 Å². The van der Waals surface area contributed by atoms with Gasteiger partial charge in [0.1, 0.15) is 16.6 Å². The maximum Gasteiger partial charge on any atom is 0.214 e. The van der Waals surface area contributed by atoms with Gasteiger partial charge >= 0.3 is 0 Å². The molecule has 0 radical (unpaired) electrons. The van der Waals surface area contributed by atoms with Gasteiger partial charge in [0.25, 0.3) is 0 Å². The van der Waals surface area contributed by atoms with E-state index in [0.717, 1.165) is 32.7 Å². The Morgan fingerprint density at radius 3 is 2.56 bits per heavy atom. The summed E-state index contributed by atoms with van der Waals surface area (Å²) in [5.74, 6) is 1.73. The smallest absolute Gasteiger partial charge is 0.214 e. The summed E-state index contributed by atoms with van der Waals surface area (Å²) in [4.78, 5) is 16.7. The zero-order valence-corrected chi connectivity index (χ0v) is 15.8. The molecule has 4 rings (SSSR count). The predicted molar refractivity (Wildman–Crippen MR) is 107 cm³/mol. The van der Waals surface area contributed by atoms with E-state index in [1.165, 1.54) is 11.3 Å². The molecule has 0 fully saturated rings. The Morgan fingerprint density at radius 2 is 1.89 bits per heavy atom. The Hall–Kier alpha value is -3.19. The lowest BCUT2D eigenvalue weighted by Crippen LogP contribution is -2.02. The molecule has 4 aromatic rings. The highest BCUT2D eigenvalue weighted by atomic mass is 32.1. The molecule has 0 saturated carbocycles. The molecule has 0 bridgehead atoms. The first-order chi connectivity index (χ1) is 13.1. The lowest BCUT2D eigenvalue weighted by molar-refractivity contribution is 0.101. The van der Waals surface area contributed by atoms with Gasteiger partial charge in [0.15, 0.2) is 5.78 Å². The number of rotatable bonds is 6. The van der Waals surface area contributed by atoms with E-state index in [9.17, 15) is 4.79 Å². The molecule has 1 N–H and O–H groups in total. The summed E-state index contributed by atoms with van der Waals surface area (Å²) in [5, 5.41) is 8.89. The van der Waals surface area contributed by atoms with Crippen molar-refractivity contribution in [3.05, 3.63) is 65.9 Å². The molecule has 2 aromatic carbocycles. The third-order valence-electron chi connectivity index (χ3n) is 4.26. The molecule has 0 saturated heterocycles. The second-order valence-corrected chi connectivity index (χ2v) is 7.04. The van der Waals surface area contributed by atoms with Gasteiger partial charge in [-0.3, -0.25) is 4.79 Å². The predicted octanol–water partition coefficient (Wildman–Crippen LogP) is 4.28. The first kappa shape index (κ1) is 17.2. The number of benzene rings is 2. The van der Waals surface area contributed by atoms with Crippen molar-refractivity contribution in [1.29, 1.82) is 0 Å². The van der Waals surface area contributed by atoms with Gasteiger partial charge < -0.3 is 10.1 Å². The standard InChI is InChI=1S/C20H18N4O2S/c1-13(25)15-5-7-16(8-6-15)19-23-24-18(12-22-20(24)27-19)21-11-14-3-9-17(26-2)10-4-14/h3-10,12,21H,11H2,1-2H3. The summed E-state index contributed by atoms with van der Waals surface area (Å²) in [6.07, 6.45) is 1.78. The molecule has 2 aromatic heterocycles. The number of Topliss-reactive ketones (excluding diaryl/α,β-unsaturated/α-hetero) is 1. The molecule has 0 aliphatic rings. The van der Waals surface area contributed by atoms with Crippen molar-refractivity contribution in [2.75, 3.05) is 12.4 Å². The minimum atomic E-state index is 0.0560. The number of hydrogen-bond donors (Lipinski definition) is 1. The Balaban J connectivity index is 1.53. The first-order valence-electron chi connectivity index (χ1n) is 8.47. The normalized spacial score (nSPS) is 10.9. The molecule has 0 spiro atoms. The van der Waals surface area contributed by atoms with Crippen LogP contribution < -0.4 is 10.1 Å². The summed E-state index contributed by atoms with van der Waals surface area (Å²) < 4.78 is 6.99. The summed E-state index contributed by atoms with van der Waals surface area (Å²) in [5.41, 5.74) is 2.81. The lowest BCUT2D eigenvalue weighted by Gasteiger charge is -2.05. The highest BCUT2D eigenvalue weighted by Crippen LogP contribution is 2.27. The van der Waals surface area contributed by atoms with Gasteiger partial charge in [-0.05, 0) is 24.6 Å². The molecule has 6 nitrogen and oxygen atoms in total. The fourth-order valence-corrected chi connectivity index (χ4v) is 3.59. The average molecular weight is 378 g/mol. The number of imidazole rings is 1.